The molecule has 2 atom stereocenters. The summed E-state index contributed by atoms with van der Waals surface area (Å²) in [6.45, 7) is 12.7. The van der Waals surface area contributed by atoms with E-state index < -0.39 is 35.5 Å². The van der Waals surface area contributed by atoms with Gasteiger partial charge in [-0.1, -0.05) is 50.5 Å². The Morgan fingerprint density at radius 1 is 1.10 bits per heavy atom. The molecule has 1 aromatic carbocycles. The summed E-state index contributed by atoms with van der Waals surface area (Å²) >= 11 is 3.33. The monoisotopic (exact) mass is 484 g/mol. The number of rotatable bonds is 8. The zero-order valence-electron chi connectivity index (χ0n) is 18.7. The lowest BCUT2D eigenvalue weighted by Crippen LogP contribution is -2.58. The first kappa shape index (κ1) is 25.9. The maximum atomic E-state index is 13.4. The topological polar surface area (TPSA) is 95.9 Å². The molecule has 0 fully saturated rings. The number of carboxylic acid groups (broad SMARTS) is 1. The molecule has 0 spiro atoms. The second kappa shape index (κ2) is 10.8. The van der Waals surface area contributed by atoms with Crippen LogP contribution in [0.2, 0.25) is 0 Å². The zero-order valence-corrected chi connectivity index (χ0v) is 20.3. The second-order valence-corrected chi connectivity index (χ2v) is 10.0. The molecule has 0 aliphatic heterocycles. The van der Waals surface area contributed by atoms with Gasteiger partial charge in [-0.05, 0) is 55.9 Å². The van der Waals surface area contributed by atoms with E-state index >= 15 is 0 Å². The van der Waals surface area contributed by atoms with Crippen LogP contribution in [0.15, 0.2) is 28.7 Å². The van der Waals surface area contributed by atoms with Crippen molar-refractivity contribution in [3.05, 3.63) is 28.7 Å². The van der Waals surface area contributed by atoms with Gasteiger partial charge in [-0.2, -0.15) is 0 Å². The molecule has 0 aliphatic carbocycles. The molecular formula is C22H33BrN2O5. The quantitative estimate of drug-likeness (QED) is 0.531. The van der Waals surface area contributed by atoms with Crippen LogP contribution in [0.5, 0.6) is 0 Å². The zero-order chi connectivity index (χ0) is 23.2. The van der Waals surface area contributed by atoms with Crippen molar-refractivity contribution >= 4 is 39.6 Å². The van der Waals surface area contributed by atoms with Crippen molar-refractivity contribution in [2.45, 2.75) is 73.1 Å². The van der Waals surface area contributed by atoms with Gasteiger partial charge in [0.25, 0.3) is 5.91 Å². The first-order valence-electron chi connectivity index (χ1n) is 10.0. The Balaban J connectivity index is 3.13. The number of nitrogens with one attached hydrogen (secondary N) is 1. The Morgan fingerprint density at radius 2 is 1.63 bits per heavy atom. The summed E-state index contributed by atoms with van der Waals surface area (Å²) in [5.41, 5.74) is -0.175. The van der Waals surface area contributed by atoms with Crippen molar-refractivity contribution < 1.29 is 24.2 Å². The summed E-state index contributed by atoms with van der Waals surface area (Å²) in [5, 5.41) is 12.4. The van der Waals surface area contributed by atoms with Crippen LogP contribution in [-0.2, 0) is 14.3 Å². The van der Waals surface area contributed by atoms with Gasteiger partial charge in [-0.15, -0.1) is 0 Å². The molecule has 1 unspecified atom stereocenters. The summed E-state index contributed by atoms with van der Waals surface area (Å²) in [6.07, 6.45) is -1.57. The second-order valence-electron chi connectivity index (χ2n) is 9.10. The Kier molecular flexibility index (Phi) is 9.34. The van der Waals surface area contributed by atoms with E-state index in [1.165, 1.54) is 4.90 Å². The number of ether oxygens (including phenoxy) is 1. The highest BCUT2D eigenvalue weighted by molar-refractivity contribution is 9.10. The van der Waals surface area contributed by atoms with Gasteiger partial charge in [0.2, 0.25) is 0 Å². The van der Waals surface area contributed by atoms with Crippen molar-refractivity contribution in [3.63, 3.8) is 0 Å². The van der Waals surface area contributed by atoms with Gasteiger partial charge < -0.3 is 14.7 Å². The van der Waals surface area contributed by atoms with Gasteiger partial charge in [-0.3, -0.25) is 10.1 Å². The summed E-state index contributed by atoms with van der Waals surface area (Å²) in [6, 6.07) is 5.50. The van der Waals surface area contributed by atoms with Crippen LogP contribution in [0, 0.1) is 11.3 Å². The molecule has 0 radical (unpaired) electrons. The molecule has 0 bridgehead atoms. The number of carbonyl (C=O) groups excluding carboxylic acids is 2. The third-order valence-electron chi connectivity index (χ3n) is 4.44. The van der Waals surface area contributed by atoms with E-state index in [1.807, 2.05) is 13.8 Å². The summed E-state index contributed by atoms with van der Waals surface area (Å²) in [4.78, 5) is 39.2. The third-order valence-corrected chi connectivity index (χ3v) is 4.97. The van der Waals surface area contributed by atoms with Crippen LogP contribution < -0.4 is 5.32 Å². The molecule has 0 saturated carbocycles. The molecule has 1 rings (SSSR count). The smallest absolute Gasteiger partial charge is 0.412 e. The third kappa shape index (κ3) is 7.63. The SMILES string of the molecule is CC(C)C[C@H](OC(=O)Nc1ccc(Br)cc1)C(=O)N(C(C)C)C(C(=O)O)C(C)(C)C. The highest BCUT2D eigenvalue weighted by Gasteiger charge is 2.43. The van der Waals surface area contributed by atoms with E-state index in [0.29, 0.717) is 5.69 Å². The Bertz CT molecular complexity index is 741. The molecule has 2 amide bonds. The van der Waals surface area contributed by atoms with E-state index in [1.54, 1.807) is 58.9 Å². The number of halogens is 1. The fourth-order valence-electron chi connectivity index (χ4n) is 3.19. The van der Waals surface area contributed by atoms with Gasteiger partial charge in [0.05, 0.1) is 0 Å². The van der Waals surface area contributed by atoms with Gasteiger partial charge in [0.15, 0.2) is 6.10 Å². The molecular weight excluding hydrogens is 452 g/mol. The van der Waals surface area contributed by atoms with Crippen LogP contribution in [-0.4, -0.2) is 46.2 Å². The number of anilines is 1. The number of aliphatic carboxylic acids is 1. The number of benzene rings is 1. The molecule has 2 N–H and O–H groups in total. The normalized spacial score (nSPS) is 13.7. The lowest BCUT2D eigenvalue weighted by atomic mass is 9.84. The predicted molar refractivity (Wildman–Crippen MR) is 120 cm³/mol. The molecule has 168 valence electrons. The number of carbonyl (C=O) groups is 3. The van der Waals surface area contributed by atoms with Crippen molar-refractivity contribution in [1.29, 1.82) is 0 Å². The number of nitrogens with zero attached hydrogens (tertiary/aromatic N) is 1. The summed E-state index contributed by atoms with van der Waals surface area (Å²) in [7, 11) is 0. The highest BCUT2D eigenvalue weighted by atomic mass is 79.9. The lowest BCUT2D eigenvalue weighted by Gasteiger charge is -2.41. The van der Waals surface area contributed by atoms with E-state index in [9.17, 15) is 19.5 Å². The number of carboxylic acids is 1. The van der Waals surface area contributed by atoms with Gasteiger partial charge in [0, 0.05) is 16.2 Å². The number of amides is 2. The van der Waals surface area contributed by atoms with Crippen LogP contribution in [0.1, 0.15) is 54.9 Å². The summed E-state index contributed by atoms with van der Waals surface area (Å²) < 4.78 is 6.35. The Labute approximate surface area is 187 Å². The number of hydrogen-bond donors (Lipinski definition) is 2. The van der Waals surface area contributed by atoms with E-state index in [-0.39, 0.29) is 18.4 Å². The Morgan fingerprint density at radius 3 is 2.03 bits per heavy atom. The van der Waals surface area contributed by atoms with Gasteiger partial charge in [-0.25, -0.2) is 9.59 Å². The molecule has 7 nitrogen and oxygen atoms in total. The maximum absolute atomic E-state index is 13.4. The molecule has 8 heteroatoms. The molecule has 1 aromatic rings. The first-order valence-corrected chi connectivity index (χ1v) is 10.8. The van der Waals surface area contributed by atoms with Crippen molar-refractivity contribution in [2.24, 2.45) is 11.3 Å². The predicted octanol–water partition coefficient (Wildman–Crippen LogP) is 5.15. The van der Waals surface area contributed by atoms with E-state index in [4.69, 9.17) is 4.74 Å². The van der Waals surface area contributed by atoms with Gasteiger partial charge >= 0.3 is 12.1 Å². The Hall–Kier alpha value is -2.09. The molecule has 0 aliphatic rings. The number of hydrogen-bond acceptors (Lipinski definition) is 4. The lowest BCUT2D eigenvalue weighted by molar-refractivity contribution is -0.161. The molecule has 0 aromatic heterocycles. The minimum atomic E-state index is -1.09. The van der Waals surface area contributed by atoms with Crippen LogP contribution >= 0.6 is 15.9 Å². The van der Waals surface area contributed by atoms with Crippen molar-refractivity contribution in [1.82, 2.24) is 4.90 Å². The molecule has 30 heavy (non-hydrogen) atoms. The van der Waals surface area contributed by atoms with E-state index in [2.05, 4.69) is 21.2 Å². The van der Waals surface area contributed by atoms with E-state index in [0.717, 1.165) is 4.47 Å². The van der Waals surface area contributed by atoms with Gasteiger partial charge in [0.1, 0.15) is 6.04 Å². The largest absolute Gasteiger partial charge is 0.480 e. The van der Waals surface area contributed by atoms with Crippen molar-refractivity contribution in [2.75, 3.05) is 5.32 Å². The standard InChI is InChI=1S/C22H33BrN2O5/c1-13(2)12-17(30-21(29)24-16-10-8-15(23)9-11-16)19(26)25(14(3)4)18(20(27)28)22(5,6)7/h8-11,13-14,17-18H,12H2,1-7H3,(H,24,29)(H,27,28)/t17-,18?/m0/s1. The fourth-order valence-corrected chi connectivity index (χ4v) is 3.45. The first-order chi connectivity index (χ1) is 13.7. The van der Waals surface area contributed by atoms with Crippen LogP contribution in [0.3, 0.4) is 0 Å². The maximum Gasteiger partial charge on any atom is 0.412 e. The average molecular weight is 485 g/mol. The van der Waals surface area contributed by atoms with Crippen molar-refractivity contribution in [3.8, 4) is 0 Å². The highest BCUT2D eigenvalue weighted by Crippen LogP contribution is 2.28. The molecule has 0 heterocycles. The summed E-state index contributed by atoms with van der Waals surface area (Å²) in [5.74, 6) is -1.54. The van der Waals surface area contributed by atoms with Crippen LogP contribution in [0.25, 0.3) is 0 Å². The van der Waals surface area contributed by atoms with Crippen LogP contribution in [0.4, 0.5) is 10.5 Å². The average Bonchev–Trinajstić information content (AvgIpc) is 2.58. The fraction of sp³-hybridized carbons (Fsp3) is 0.591. The minimum absolute atomic E-state index is 0.0614. The minimum Gasteiger partial charge on any atom is -0.480 e. The molecule has 0 saturated heterocycles.